The minimum absolute atomic E-state index is 0.00940. The number of amidine groups is 1. The molecule has 1 amide bonds. The van der Waals surface area contributed by atoms with Crippen molar-refractivity contribution in [2.75, 3.05) is 20.3 Å². The van der Waals surface area contributed by atoms with Crippen molar-refractivity contribution in [2.24, 2.45) is 4.99 Å². The third-order valence-electron chi connectivity index (χ3n) is 5.44. The molecule has 0 bridgehead atoms. The maximum atomic E-state index is 13.3. The Morgan fingerprint density at radius 1 is 1.09 bits per heavy atom. The fraction of sp³-hybridized carbons (Fsp3) is 0.231. The molecule has 0 N–H and O–H groups in total. The highest BCUT2D eigenvalue weighted by molar-refractivity contribution is 14.1. The van der Waals surface area contributed by atoms with Gasteiger partial charge in [-0.3, -0.25) is 9.69 Å². The molecular weight excluding hydrogens is 545 g/mol. The van der Waals surface area contributed by atoms with Crippen LogP contribution in [0.2, 0.25) is 0 Å². The molecule has 1 aromatic heterocycles. The number of hydrogen-bond donors (Lipinski definition) is 0. The molecule has 0 aliphatic carbocycles. The maximum absolute atomic E-state index is 13.3. The molecule has 2 heterocycles. The molecule has 1 saturated heterocycles. The van der Waals surface area contributed by atoms with Crippen molar-refractivity contribution < 1.29 is 9.53 Å². The molecule has 3 aromatic rings. The van der Waals surface area contributed by atoms with E-state index in [2.05, 4.69) is 71.3 Å². The third-order valence-corrected chi connectivity index (χ3v) is 7.17. The second-order valence-corrected chi connectivity index (χ2v) is 10.0. The lowest BCUT2D eigenvalue weighted by Gasteiger charge is -2.15. The summed E-state index contributed by atoms with van der Waals surface area (Å²) in [4.78, 5) is 20.5. The van der Waals surface area contributed by atoms with Gasteiger partial charge in [-0.2, -0.15) is 0 Å². The Kier molecular flexibility index (Phi) is 7.72. The Hall–Kier alpha value is -2.36. The third kappa shape index (κ3) is 5.42. The van der Waals surface area contributed by atoms with E-state index in [1.807, 2.05) is 36.4 Å². The van der Waals surface area contributed by atoms with Crippen LogP contribution in [0, 0.1) is 17.4 Å². The number of hydrogen-bond acceptors (Lipinski definition) is 4. The zero-order valence-corrected chi connectivity index (χ0v) is 21.9. The minimum atomic E-state index is -0.00940. The smallest absolute Gasteiger partial charge is 0.266 e. The van der Waals surface area contributed by atoms with Gasteiger partial charge in [0.15, 0.2) is 5.17 Å². The molecule has 5 nitrogen and oxygen atoms in total. The summed E-state index contributed by atoms with van der Waals surface area (Å²) in [7, 11) is 1.67. The second kappa shape index (κ2) is 10.7. The quantitative estimate of drug-likeness (QED) is 0.189. The lowest BCUT2D eigenvalue weighted by Crippen LogP contribution is -2.30. The molecule has 1 aliphatic rings. The number of methoxy groups -OCH3 is 1. The van der Waals surface area contributed by atoms with E-state index in [1.165, 1.54) is 15.3 Å². The molecule has 33 heavy (non-hydrogen) atoms. The molecular formula is C26H26IN3O2S. The molecule has 0 spiro atoms. The first-order valence-corrected chi connectivity index (χ1v) is 12.7. The van der Waals surface area contributed by atoms with Crippen LogP contribution < -0.4 is 0 Å². The van der Waals surface area contributed by atoms with E-state index < -0.39 is 0 Å². The Morgan fingerprint density at radius 3 is 2.52 bits per heavy atom. The number of thioether (sulfide) groups is 1. The Morgan fingerprint density at radius 2 is 1.82 bits per heavy atom. The van der Waals surface area contributed by atoms with Crippen LogP contribution in [0.3, 0.4) is 0 Å². The van der Waals surface area contributed by atoms with Crippen molar-refractivity contribution in [3.05, 3.63) is 86.1 Å². The van der Waals surface area contributed by atoms with Crippen LogP contribution in [0.15, 0.2) is 70.6 Å². The molecule has 7 heteroatoms. The van der Waals surface area contributed by atoms with Crippen LogP contribution in [-0.4, -0.2) is 40.8 Å². The first kappa shape index (κ1) is 23.8. The Bertz CT molecular complexity index is 1200. The summed E-state index contributed by atoms with van der Waals surface area (Å²) in [6.45, 7) is 5.36. The topological polar surface area (TPSA) is 46.8 Å². The largest absolute Gasteiger partial charge is 0.385 e. The number of carbonyl (C=O) groups is 1. The number of aryl methyl sites for hydroxylation is 1. The van der Waals surface area contributed by atoms with Crippen LogP contribution in [0.1, 0.15) is 23.4 Å². The van der Waals surface area contributed by atoms with Crippen molar-refractivity contribution in [2.45, 2.75) is 20.3 Å². The highest BCUT2D eigenvalue weighted by Gasteiger charge is 2.33. The Labute approximate surface area is 212 Å². The van der Waals surface area contributed by atoms with Gasteiger partial charge in [-0.1, -0.05) is 18.2 Å². The van der Waals surface area contributed by atoms with Crippen molar-refractivity contribution in [1.29, 1.82) is 0 Å². The van der Waals surface area contributed by atoms with E-state index >= 15 is 0 Å². The van der Waals surface area contributed by atoms with Crippen LogP contribution in [0.5, 0.6) is 0 Å². The standard InChI is InChI=1S/C26H26IN3O2S/c1-18-16-20(19(2)30(18)23-12-10-21(27)11-13-23)17-24-25(31)29(14-7-15-32-3)26(33-24)28-22-8-5-4-6-9-22/h4-6,8-13,16-17H,7,14-15H2,1-3H3/b24-17+,28-26?. The van der Waals surface area contributed by atoms with Crippen molar-refractivity contribution in [1.82, 2.24) is 9.47 Å². The molecule has 0 unspecified atom stereocenters. The lowest BCUT2D eigenvalue weighted by atomic mass is 10.2. The second-order valence-electron chi connectivity index (χ2n) is 7.78. The number of halogens is 1. The zero-order valence-electron chi connectivity index (χ0n) is 18.9. The monoisotopic (exact) mass is 571 g/mol. The number of ether oxygens (including phenoxy) is 1. The SMILES string of the molecule is COCCCN1C(=O)/C(=C\c2cc(C)n(-c3ccc(I)cc3)c2C)SC1=Nc1ccccc1. The van der Waals surface area contributed by atoms with E-state index in [0.717, 1.165) is 34.7 Å². The molecule has 2 aromatic carbocycles. The number of aliphatic imine (C=N–C) groups is 1. The summed E-state index contributed by atoms with van der Waals surface area (Å²) in [6.07, 6.45) is 2.75. The highest BCUT2D eigenvalue weighted by atomic mass is 127. The van der Waals surface area contributed by atoms with Gasteiger partial charge in [0, 0.05) is 40.9 Å². The molecule has 4 rings (SSSR count). The molecule has 0 saturated carbocycles. The average molecular weight is 571 g/mol. The number of rotatable bonds is 7. The molecule has 1 aliphatic heterocycles. The van der Waals surface area contributed by atoms with E-state index in [9.17, 15) is 4.79 Å². The predicted octanol–water partition coefficient (Wildman–Crippen LogP) is 6.34. The van der Waals surface area contributed by atoms with Crippen molar-refractivity contribution in [3.63, 3.8) is 0 Å². The molecule has 0 radical (unpaired) electrons. The van der Waals surface area contributed by atoms with Gasteiger partial charge in [0.25, 0.3) is 5.91 Å². The Balaban J connectivity index is 1.68. The fourth-order valence-corrected chi connectivity index (χ4v) is 5.21. The first-order chi connectivity index (χ1) is 16.0. The van der Waals surface area contributed by atoms with Crippen molar-refractivity contribution >= 4 is 57.2 Å². The van der Waals surface area contributed by atoms with Gasteiger partial charge in [0.1, 0.15) is 0 Å². The van der Waals surface area contributed by atoms with Crippen molar-refractivity contribution in [3.8, 4) is 5.69 Å². The van der Waals surface area contributed by atoms with Gasteiger partial charge in [0.2, 0.25) is 0 Å². The van der Waals surface area contributed by atoms with E-state index in [4.69, 9.17) is 9.73 Å². The minimum Gasteiger partial charge on any atom is -0.385 e. The maximum Gasteiger partial charge on any atom is 0.266 e. The molecule has 170 valence electrons. The van der Waals surface area contributed by atoms with Crippen LogP contribution >= 0.6 is 34.4 Å². The normalized spacial score (nSPS) is 16.4. The van der Waals surface area contributed by atoms with Gasteiger partial charge in [-0.05, 0) is 109 Å². The van der Waals surface area contributed by atoms with Crippen LogP contribution in [0.4, 0.5) is 5.69 Å². The summed E-state index contributed by atoms with van der Waals surface area (Å²) in [5.41, 5.74) is 5.23. The van der Waals surface area contributed by atoms with Gasteiger partial charge >= 0.3 is 0 Å². The van der Waals surface area contributed by atoms with Crippen LogP contribution in [-0.2, 0) is 9.53 Å². The lowest BCUT2D eigenvalue weighted by molar-refractivity contribution is -0.122. The fourth-order valence-electron chi connectivity index (χ4n) is 3.83. The van der Waals surface area contributed by atoms with E-state index in [-0.39, 0.29) is 5.91 Å². The first-order valence-electron chi connectivity index (χ1n) is 10.8. The summed E-state index contributed by atoms with van der Waals surface area (Å²) in [6, 6.07) is 20.3. The number of aromatic nitrogens is 1. The number of benzene rings is 2. The van der Waals surface area contributed by atoms with Crippen LogP contribution in [0.25, 0.3) is 11.8 Å². The highest BCUT2D eigenvalue weighted by Crippen LogP contribution is 2.35. The van der Waals surface area contributed by atoms with Gasteiger partial charge in [-0.15, -0.1) is 0 Å². The van der Waals surface area contributed by atoms with Gasteiger partial charge in [0.05, 0.1) is 10.6 Å². The number of para-hydroxylation sites is 1. The molecule has 1 fully saturated rings. The number of carbonyl (C=O) groups excluding carboxylic acids is 1. The van der Waals surface area contributed by atoms with Gasteiger partial charge < -0.3 is 9.30 Å². The van der Waals surface area contributed by atoms with E-state index in [1.54, 1.807) is 12.0 Å². The predicted molar refractivity (Wildman–Crippen MR) is 145 cm³/mol. The number of nitrogens with zero attached hydrogens (tertiary/aromatic N) is 3. The van der Waals surface area contributed by atoms with E-state index in [0.29, 0.717) is 23.2 Å². The van der Waals surface area contributed by atoms with Gasteiger partial charge in [-0.25, -0.2) is 4.99 Å². The summed E-state index contributed by atoms with van der Waals surface area (Å²) in [5, 5.41) is 0.708. The molecule has 0 atom stereocenters. The summed E-state index contributed by atoms with van der Waals surface area (Å²) >= 11 is 3.75. The number of amides is 1. The average Bonchev–Trinajstić information content (AvgIpc) is 3.25. The summed E-state index contributed by atoms with van der Waals surface area (Å²) in [5.74, 6) is -0.00940. The summed E-state index contributed by atoms with van der Waals surface area (Å²) < 4.78 is 8.62. The zero-order chi connectivity index (χ0) is 23.4.